The van der Waals surface area contributed by atoms with E-state index in [1.807, 2.05) is 54.3 Å². The summed E-state index contributed by atoms with van der Waals surface area (Å²) in [7, 11) is -3.62. The Morgan fingerprint density at radius 2 is 1.60 bits per heavy atom. The van der Waals surface area contributed by atoms with Crippen molar-refractivity contribution in [2.24, 2.45) is 0 Å². The van der Waals surface area contributed by atoms with E-state index in [-0.39, 0.29) is 10.8 Å². The SMILES string of the molecule is Cc1ccc(S(=O)(=O)Nc2ccc(CN3CCN(C(=O)c4cc5ccccc5[nH]4)CC3)cc2)cc1. The number of nitrogens with one attached hydrogen (secondary N) is 2. The number of hydrogen-bond donors (Lipinski definition) is 2. The maximum atomic E-state index is 12.9. The summed E-state index contributed by atoms with van der Waals surface area (Å²) in [6, 6.07) is 24.0. The second-order valence-corrected chi connectivity index (χ2v) is 10.6. The quantitative estimate of drug-likeness (QED) is 0.425. The number of para-hydroxylation sites is 1. The lowest BCUT2D eigenvalue weighted by Gasteiger charge is -2.34. The fraction of sp³-hybridized carbons (Fsp3) is 0.222. The highest BCUT2D eigenvalue weighted by atomic mass is 32.2. The summed E-state index contributed by atoms with van der Waals surface area (Å²) in [6.07, 6.45) is 0. The van der Waals surface area contributed by atoms with E-state index in [2.05, 4.69) is 14.6 Å². The third-order valence-electron chi connectivity index (χ3n) is 6.36. The minimum atomic E-state index is -3.62. The normalized spacial score (nSPS) is 14.8. The molecule has 0 radical (unpaired) electrons. The van der Waals surface area contributed by atoms with E-state index < -0.39 is 10.0 Å². The van der Waals surface area contributed by atoms with Gasteiger partial charge in [0, 0.05) is 49.3 Å². The highest BCUT2D eigenvalue weighted by molar-refractivity contribution is 7.92. The van der Waals surface area contributed by atoms with E-state index in [9.17, 15) is 13.2 Å². The smallest absolute Gasteiger partial charge is 0.270 e. The Labute approximate surface area is 205 Å². The van der Waals surface area contributed by atoms with Crippen LogP contribution in [-0.4, -0.2) is 55.3 Å². The summed E-state index contributed by atoms with van der Waals surface area (Å²) >= 11 is 0. The fourth-order valence-corrected chi connectivity index (χ4v) is 5.39. The lowest BCUT2D eigenvalue weighted by molar-refractivity contribution is 0.0623. The number of nitrogens with zero attached hydrogens (tertiary/aromatic N) is 2. The van der Waals surface area contributed by atoms with Crippen molar-refractivity contribution < 1.29 is 13.2 Å². The number of amides is 1. The second kappa shape index (κ2) is 9.56. The Morgan fingerprint density at radius 3 is 2.29 bits per heavy atom. The molecule has 0 bridgehead atoms. The molecule has 3 aromatic carbocycles. The second-order valence-electron chi connectivity index (χ2n) is 8.95. The van der Waals surface area contributed by atoms with Gasteiger partial charge in [-0.15, -0.1) is 0 Å². The Kier molecular flexibility index (Phi) is 6.32. The molecule has 7 nitrogen and oxygen atoms in total. The van der Waals surface area contributed by atoms with Gasteiger partial charge in [0.25, 0.3) is 15.9 Å². The molecule has 0 atom stereocenters. The van der Waals surface area contributed by atoms with E-state index in [0.29, 0.717) is 24.5 Å². The molecule has 0 unspecified atom stereocenters. The first-order chi connectivity index (χ1) is 16.9. The van der Waals surface area contributed by atoms with Gasteiger partial charge in [0.15, 0.2) is 0 Å². The van der Waals surface area contributed by atoms with Crippen molar-refractivity contribution in [2.75, 3.05) is 30.9 Å². The van der Waals surface area contributed by atoms with Gasteiger partial charge in [-0.25, -0.2) is 8.42 Å². The molecular formula is C27H28N4O3S. The summed E-state index contributed by atoms with van der Waals surface area (Å²) in [5.74, 6) is 0.0334. The Balaban J connectivity index is 1.15. The molecule has 35 heavy (non-hydrogen) atoms. The third kappa shape index (κ3) is 5.23. The molecule has 1 amide bonds. The highest BCUT2D eigenvalue weighted by Gasteiger charge is 2.23. The van der Waals surface area contributed by atoms with Gasteiger partial charge in [0.2, 0.25) is 0 Å². The van der Waals surface area contributed by atoms with E-state index >= 15 is 0 Å². The van der Waals surface area contributed by atoms with E-state index in [4.69, 9.17) is 0 Å². The molecule has 0 spiro atoms. The number of carbonyl (C=O) groups is 1. The number of carbonyl (C=O) groups excluding carboxylic acids is 1. The van der Waals surface area contributed by atoms with Gasteiger partial charge in [-0.05, 0) is 48.9 Å². The van der Waals surface area contributed by atoms with Crippen LogP contribution in [0.4, 0.5) is 5.69 Å². The minimum absolute atomic E-state index is 0.0334. The predicted molar refractivity (Wildman–Crippen MR) is 138 cm³/mol. The highest BCUT2D eigenvalue weighted by Crippen LogP contribution is 2.20. The van der Waals surface area contributed by atoms with Crippen molar-refractivity contribution in [3.63, 3.8) is 0 Å². The van der Waals surface area contributed by atoms with Crippen LogP contribution < -0.4 is 4.72 Å². The van der Waals surface area contributed by atoms with Crippen LogP contribution in [-0.2, 0) is 16.6 Å². The van der Waals surface area contributed by atoms with Crippen molar-refractivity contribution >= 4 is 32.5 Å². The van der Waals surface area contributed by atoms with Gasteiger partial charge in [0.1, 0.15) is 5.69 Å². The summed E-state index contributed by atoms with van der Waals surface area (Å²) in [5, 5.41) is 1.04. The zero-order chi connectivity index (χ0) is 24.4. The largest absolute Gasteiger partial charge is 0.351 e. The van der Waals surface area contributed by atoms with Gasteiger partial charge in [-0.1, -0.05) is 48.0 Å². The molecule has 1 fully saturated rings. The molecule has 2 N–H and O–H groups in total. The zero-order valence-corrected chi connectivity index (χ0v) is 20.4. The maximum Gasteiger partial charge on any atom is 0.270 e. The predicted octanol–water partition coefficient (Wildman–Crippen LogP) is 4.24. The van der Waals surface area contributed by atoms with E-state index in [1.54, 1.807) is 36.4 Å². The monoisotopic (exact) mass is 488 g/mol. The number of aromatic amines is 1. The zero-order valence-electron chi connectivity index (χ0n) is 19.6. The molecule has 8 heteroatoms. The van der Waals surface area contributed by atoms with Crippen LogP contribution in [0.2, 0.25) is 0 Å². The van der Waals surface area contributed by atoms with Crippen molar-refractivity contribution in [1.29, 1.82) is 0 Å². The van der Waals surface area contributed by atoms with Crippen molar-refractivity contribution in [2.45, 2.75) is 18.4 Å². The number of sulfonamides is 1. The van der Waals surface area contributed by atoms with E-state index in [0.717, 1.165) is 41.7 Å². The average molecular weight is 489 g/mol. The lowest BCUT2D eigenvalue weighted by Crippen LogP contribution is -2.48. The number of aryl methyl sites for hydroxylation is 1. The van der Waals surface area contributed by atoms with Crippen molar-refractivity contribution in [3.8, 4) is 0 Å². The van der Waals surface area contributed by atoms with Gasteiger partial charge in [-0.2, -0.15) is 0 Å². The van der Waals surface area contributed by atoms with Crippen LogP contribution in [0.3, 0.4) is 0 Å². The first-order valence-electron chi connectivity index (χ1n) is 11.7. The van der Waals surface area contributed by atoms with Crippen LogP contribution in [0.15, 0.2) is 83.8 Å². The first-order valence-corrected chi connectivity index (χ1v) is 13.1. The van der Waals surface area contributed by atoms with Crippen LogP contribution in [0.25, 0.3) is 10.9 Å². The number of hydrogen-bond acceptors (Lipinski definition) is 4. The van der Waals surface area contributed by atoms with Crippen LogP contribution in [0, 0.1) is 6.92 Å². The number of rotatable bonds is 6. The van der Waals surface area contributed by atoms with Crippen molar-refractivity contribution in [1.82, 2.24) is 14.8 Å². The summed E-state index contributed by atoms with van der Waals surface area (Å²) in [5.41, 5.74) is 4.24. The molecule has 1 aromatic heterocycles. The van der Waals surface area contributed by atoms with Crippen LogP contribution >= 0.6 is 0 Å². The molecular weight excluding hydrogens is 460 g/mol. The fourth-order valence-electron chi connectivity index (χ4n) is 4.34. The summed E-state index contributed by atoms with van der Waals surface area (Å²) in [4.78, 5) is 20.6. The lowest BCUT2D eigenvalue weighted by atomic mass is 10.2. The topological polar surface area (TPSA) is 85.5 Å². The Morgan fingerprint density at radius 1 is 0.914 bits per heavy atom. The maximum absolute atomic E-state index is 12.9. The molecule has 1 saturated heterocycles. The van der Waals surface area contributed by atoms with Crippen LogP contribution in [0.5, 0.6) is 0 Å². The van der Waals surface area contributed by atoms with Gasteiger partial charge in [0.05, 0.1) is 4.90 Å². The number of piperazine rings is 1. The van der Waals surface area contributed by atoms with Crippen LogP contribution in [0.1, 0.15) is 21.6 Å². The Bertz CT molecular complexity index is 1400. The number of H-pyrrole nitrogens is 1. The standard InChI is InChI=1S/C27H28N4O3S/c1-20-6-12-24(13-7-20)35(33,34)29-23-10-8-21(9-11-23)19-30-14-16-31(17-15-30)27(32)26-18-22-4-2-3-5-25(22)28-26/h2-13,18,28-29H,14-17,19H2,1H3. The average Bonchev–Trinajstić information content (AvgIpc) is 3.30. The molecule has 180 valence electrons. The number of aromatic nitrogens is 1. The molecule has 0 saturated carbocycles. The molecule has 5 rings (SSSR count). The molecule has 0 aliphatic carbocycles. The number of fused-ring (bicyclic) bond motifs is 1. The number of anilines is 1. The molecule has 4 aromatic rings. The van der Waals surface area contributed by atoms with Crippen molar-refractivity contribution in [3.05, 3.63) is 95.7 Å². The summed E-state index contributed by atoms with van der Waals surface area (Å²) in [6.45, 7) is 5.58. The molecule has 2 heterocycles. The summed E-state index contributed by atoms with van der Waals surface area (Å²) < 4.78 is 27.8. The molecule has 1 aliphatic rings. The Hall–Kier alpha value is -3.62. The number of benzene rings is 3. The minimum Gasteiger partial charge on any atom is -0.351 e. The van der Waals surface area contributed by atoms with Gasteiger partial charge < -0.3 is 9.88 Å². The van der Waals surface area contributed by atoms with E-state index in [1.165, 1.54) is 0 Å². The van der Waals surface area contributed by atoms with Gasteiger partial charge in [-0.3, -0.25) is 14.4 Å². The third-order valence-corrected chi connectivity index (χ3v) is 7.76. The first kappa shape index (κ1) is 23.1. The van der Waals surface area contributed by atoms with Gasteiger partial charge >= 0.3 is 0 Å². The molecule has 1 aliphatic heterocycles.